The van der Waals surface area contributed by atoms with E-state index in [9.17, 15) is 9.59 Å². The fraction of sp³-hybridized carbons (Fsp3) is 0.857. The molecule has 2 fully saturated rings. The maximum atomic E-state index is 11.8. The number of aliphatic carboxylic acids is 1. The molecule has 1 saturated carbocycles. The molecule has 0 spiro atoms. The van der Waals surface area contributed by atoms with Gasteiger partial charge in [-0.25, -0.2) is 9.80 Å². The third kappa shape index (κ3) is 4.67. The van der Waals surface area contributed by atoms with Gasteiger partial charge in [-0.3, -0.25) is 10.2 Å². The van der Waals surface area contributed by atoms with Crippen LogP contribution in [0.25, 0.3) is 0 Å². The van der Waals surface area contributed by atoms with Crippen molar-refractivity contribution >= 4 is 12.0 Å². The van der Waals surface area contributed by atoms with E-state index in [1.165, 1.54) is 6.42 Å². The van der Waals surface area contributed by atoms with E-state index in [4.69, 9.17) is 5.11 Å². The molecule has 0 atom stereocenters. The SMILES string of the molecule is O=C(NCC1CCC(C(=O)O)CC1)NN1CCCCC1. The summed E-state index contributed by atoms with van der Waals surface area (Å²) >= 11 is 0. The number of hydrogen-bond donors (Lipinski definition) is 3. The number of carboxylic acid groups (broad SMARTS) is 1. The van der Waals surface area contributed by atoms with Crippen LogP contribution in [0.2, 0.25) is 0 Å². The van der Waals surface area contributed by atoms with E-state index in [0.29, 0.717) is 12.5 Å². The van der Waals surface area contributed by atoms with Crippen molar-refractivity contribution in [1.29, 1.82) is 0 Å². The first-order chi connectivity index (χ1) is 9.65. The Bertz CT molecular complexity index is 335. The van der Waals surface area contributed by atoms with Crippen molar-refractivity contribution < 1.29 is 14.7 Å². The first-order valence-electron chi connectivity index (χ1n) is 7.67. The second-order valence-electron chi connectivity index (χ2n) is 5.93. The molecule has 0 aromatic carbocycles. The third-order valence-electron chi connectivity index (χ3n) is 4.36. The number of nitrogens with one attached hydrogen (secondary N) is 2. The Labute approximate surface area is 119 Å². The van der Waals surface area contributed by atoms with E-state index in [0.717, 1.165) is 51.6 Å². The van der Waals surface area contributed by atoms with Gasteiger partial charge in [0.15, 0.2) is 0 Å². The summed E-state index contributed by atoms with van der Waals surface area (Å²) in [7, 11) is 0. The smallest absolute Gasteiger partial charge is 0.329 e. The van der Waals surface area contributed by atoms with E-state index in [1.54, 1.807) is 0 Å². The van der Waals surface area contributed by atoms with Crippen LogP contribution in [0.15, 0.2) is 0 Å². The molecule has 2 amide bonds. The summed E-state index contributed by atoms with van der Waals surface area (Å²) in [5.41, 5.74) is 2.87. The zero-order chi connectivity index (χ0) is 14.4. The Morgan fingerprint density at radius 2 is 1.70 bits per heavy atom. The van der Waals surface area contributed by atoms with Gasteiger partial charge in [0.25, 0.3) is 0 Å². The highest BCUT2D eigenvalue weighted by molar-refractivity contribution is 5.73. The highest BCUT2D eigenvalue weighted by atomic mass is 16.4. The van der Waals surface area contributed by atoms with Crippen molar-refractivity contribution in [3.05, 3.63) is 0 Å². The summed E-state index contributed by atoms with van der Waals surface area (Å²) in [6.07, 6.45) is 6.76. The predicted molar refractivity (Wildman–Crippen MR) is 75.0 cm³/mol. The molecule has 0 bridgehead atoms. The van der Waals surface area contributed by atoms with Gasteiger partial charge in [0.1, 0.15) is 0 Å². The van der Waals surface area contributed by atoms with Crippen molar-refractivity contribution in [3.8, 4) is 0 Å². The first-order valence-corrected chi connectivity index (χ1v) is 7.67. The number of rotatable bonds is 4. The zero-order valence-corrected chi connectivity index (χ0v) is 11.9. The van der Waals surface area contributed by atoms with Gasteiger partial charge in [-0.2, -0.15) is 0 Å². The van der Waals surface area contributed by atoms with Crippen LogP contribution in [0.3, 0.4) is 0 Å². The summed E-state index contributed by atoms with van der Waals surface area (Å²) in [5, 5.41) is 13.8. The number of urea groups is 1. The summed E-state index contributed by atoms with van der Waals surface area (Å²) in [6.45, 7) is 2.50. The van der Waals surface area contributed by atoms with E-state index in [1.807, 2.05) is 5.01 Å². The fourth-order valence-electron chi connectivity index (χ4n) is 3.04. The number of carbonyl (C=O) groups excluding carboxylic acids is 1. The van der Waals surface area contributed by atoms with Crippen molar-refractivity contribution in [2.24, 2.45) is 11.8 Å². The minimum atomic E-state index is -0.681. The lowest BCUT2D eigenvalue weighted by atomic mass is 9.82. The number of hydrogen-bond acceptors (Lipinski definition) is 3. The number of carbonyl (C=O) groups is 2. The molecule has 20 heavy (non-hydrogen) atoms. The fourth-order valence-corrected chi connectivity index (χ4v) is 3.04. The summed E-state index contributed by atoms with van der Waals surface area (Å²) in [6, 6.07) is -0.132. The maximum absolute atomic E-state index is 11.8. The molecule has 0 unspecified atom stereocenters. The highest BCUT2D eigenvalue weighted by Gasteiger charge is 2.26. The molecular formula is C14H25N3O3. The number of carboxylic acids is 1. The maximum Gasteiger partial charge on any atom is 0.329 e. The third-order valence-corrected chi connectivity index (χ3v) is 4.36. The number of nitrogens with zero attached hydrogens (tertiary/aromatic N) is 1. The van der Waals surface area contributed by atoms with Crippen molar-refractivity contribution in [2.75, 3.05) is 19.6 Å². The number of amides is 2. The van der Waals surface area contributed by atoms with Crippen molar-refractivity contribution in [1.82, 2.24) is 15.8 Å². The Balaban J connectivity index is 1.60. The first kappa shape index (κ1) is 15.1. The summed E-state index contributed by atoms with van der Waals surface area (Å²) in [5.74, 6) is -0.453. The average molecular weight is 283 g/mol. The van der Waals surface area contributed by atoms with Gasteiger partial charge in [-0.05, 0) is 44.4 Å². The Morgan fingerprint density at radius 1 is 1.05 bits per heavy atom. The second-order valence-corrected chi connectivity index (χ2v) is 5.93. The minimum absolute atomic E-state index is 0.132. The molecule has 1 saturated heterocycles. The average Bonchev–Trinajstić information content (AvgIpc) is 2.46. The summed E-state index contributed by atoms with van der Waals surface area (Å²) in [4.78, 5) is 22.6. The standard InChI is InChI=1S/C14H25N3O3/c18-13(19)12-6-4-11(5-7-12)10-15-14(20)16-17-8-2-1-3-9-17/h11-12H,1-10H2,(H,18,19)(H2,15,16,20). The Kier molecular flexibility index (Phi) is 5.64. The van der Waals surface area contributed by atoms with E-state index in [2.05, 4.69) is 10.7 Å². The zero-order valence-electron chi connectivity index (χ0n) is 11.9. The molecule has 6 nitrogen and oxygen atoms in total. The topological polar surface area (TPSA) is 81.7 Å². The molecule has 3 N–H and O–H groups in total. The molecule has 1 heterocycles. The van der Waals surface area contributed by atoms with Gasteiger partial charge in [-0.15, -0.1) is 0 Å². The molecule has 0 radical (unpaired) electrons. The van der Waals surface area contributed by atoms with Crippen LogP contribution in [0.5, 0.6) is 0 Å². The van der Waals surface area contributed by atoms with E-state index >= 15 is 0 Å². The molecule has 1 aliphatic heterocycles. The molecule has 114 valence electrons. The van der Waals surface area contributed by atoms with Crippen LogP contribution < -0.4 is 10.7 Å². The molecule has 0 aromatic heterocycles. The Hall–Kier alpha value is -1.30. The lowest BCUT2D eigenvalue weighted by Crippen LogP contribution is -2.50. The van der Waals surface area contributed by atoms with E-state index in [-0.39, 0.29) is 11.9 Å². The Morgan fingerprint density at radius 3 is 2.30 bits per heavy atom. The predicted octanol–water partition coefficient (Wildman–Crippen LogP) is 1.58. The van der Waals surface area contributed by atoms with Gasteiger partial charge in [0.2, 0.25) is 0 Å². The lowest BCUT2D eigenvalue weighted by Gasteiger charge is -2.28. The van der Waals surface area contributed by atoms with Gasteiger partial charge >= 0.3 is 12.0 Å². The van der Waals surface area contributed by atoms with Crippen molar-refractivity contribution in [3.63, 3.8) is 0 Å². The normalized spacial score (nSPS) is 27.8. The van der Waals surface area contributed by atoms with Gasteiger partial charge < -0.3 is 10.4 Å². The number of hydrazine groups is 1. The van der Waals surface area contributed by atoms with Crippen LogP contribution in [0.4, 0.5) is 4.79 Å². The minimum Gasteiger partial charge on any atom is -0.481 e. The van der Waals surface area contributed by atoms with Crippen LogP contribution in [0, 0.1) is 11.8 Å². The van der Waals surface area contributed by atoms with Crippen LogP contribution in [-0.2, 0) is 4.79 Å². The van der Waals surface area contributed by atoms with E-state index < -0.39 is 5.97 Å². The second kappa shape index (κ2) is 7.47. The molecule has 2 aliphatic rings. The van der Waals surface area contributed by atoms with Crippen LogP contribution in [0.1, 0.15) is 44.9 Å². The molecule has 6 heteroatoms. The number of piperidine rings is 1. The summed E-state index contributed by atoms with van der Waals surface area (Å²) < 4.78 is 0. The molecule has 2 rings (SSSR count). The lowest BCUT2D eigenvalue weighted by molar-refractivity contribution is -0.143. The quantitative estimate of drug-likeness (QED) is 0.731. The highest BCUT2D eigenvalue weighted by Crippen LogP contribution is 2.28. The van der Waals surface area contributed by atoms with Gasteiger partial charge in [0, 0.05) is 19.6 Å². The molecular weight excluding hydrogens is 258 g/mol. The van der Waals surface area contributed by atoms with Crippen LogP contribution >= 0.6 is 0 Å². The molecule has 0 aromatic rings. The molecule has 1 aliphatic carbocycles. The largest absolute Gasteiger partial charge is 0.481 e. The van der Waals surface area contributed by atoms with Crippen molar-refractivity contribution in [2.45, 2.75) is 44.9 Å². The monoisotopic (exact) mass is 283 g/mol. The van der Waals surface area contributed by atoms with Crippen LogP contribution in [-0.4, -0.2) is 41.8 Å². The van der Waals surface area contributed by atoms with Gasteiger partial charge in [-0.1, -0.05) is 6.42 Å². The van der Waals surface area contributed by atoms with Gasteiger partial charge in [0.05, 0.1) is 5.92 Å².